The number of sulfonamides is 1. The number of rotatable bonds is 4. The van der Waals surface area contributed by atoms with Crippen molar-refractivity contribution in [3.05, 3.63) is 48.0 Å². The fraction of sp³-hybridized carbons (Fsp3) is 0.222. The normalized spacial score (nSPS) is 16.4. The number of hydrogen-bond acceptors (Lipinski definition) is 5. The van der Waals surface area contributed by atoms with Gasteiger partial charge >= 0.3 is 6.16 Å². The first-order valence-electron chi connectivity index (χ1n) is 8.21. The highest BCUT2D eigenvalue weighted by atomic mass is 32.2. The van der Waals surface area contributed by atoms with Crippen molar-refractivity contribution in [3.8, 4) is 5.75 Å². The average Bonchev–Trinajstić information content (AvgIpc) is 2.60. The molecule has 142 valence electrons. The molecule has 1 atom stereocenters. The summed E-state index contributed by atoms with van der Waals surface area (Å²) in [5.74, 6) is -0.399. The number of benzene rings is 2. The van der Waals surface area contributed by atoms with Crippen LogP contribution >= 0.6 is 0 Å². The minimum absolute atomic E-state index is 0.00104. The predicted octanol–water partition coefficient (Wildman–Crippen LogP) is 2.98. The van der Waals surface area contributed by atoms with E-state index in [2.05, 4.69) is 10.1 Å². The Morgan fingerprint density at radius 3 is 2.48 bits per heavy atom. The molecular weight excluding hydrogens is 372 g/mol. The van der Waals surface area contributed by atoms with Gasteiger partial charge in [-0.05, 0) is 55.3 Å². The molecule has 0 saturated carbocycles. The minimum atomic E-state index is -4.06. The molecule has 0 aromatic heterocycles. The van der Waals surface area contributed by atoms with Crippen LogP contribution in [-0.4, -0.2) is 31.6 Å². The third-order valence-electron chi connectivity index (χ3n) is 4.21. The Kier molecular flexibility index (Phi) is 4.79. The summed E-state index contributed by atoms with van der Waals surface area (Å²) in [5, 5.41) is 11.4. The van der Waals surface area contributed by atoms with Crippen molar-refractivity contribution in [3.63, 3.8) is 0 Å². The summed E-state index contributed by atoms with van der Waals surface area (Å²) in [5.41, 5.74) is 1.67. The van der Waals surface area contributed by atoms with Crippen LogP contribution in [0, 0.1) is 6.92 Å². The van der Waals surface area contributed by atoms with E-state index in [0.29, 0.717) is 17.8 Å². The summed E-state index contributed by atoms with van der Waals surface area (Å²) in [6.07, 6.45) is -1.20. The summed E-state index contributed by atoms with van der Waals surface area (Å²) < 4.78 is 32.2. The minimum Gasteiger partial charge on any atom is -0.449 e. The largest absolute Gasteiger partial charge is 0.511 e. The molecule has 3 rings (SSSR count). The Labute approximate surface area is 156 Å². The first kappa shape index (κ1) is 18.7. The molecule has 0 fully saturated rings. The van der Waals surface area contributed by atoms with Gasteiger partial charge in [-0.3, -0.25) is 9.10 Å². The highest BCUT2D eigenvalue weighted by Gasteiger charge is 2.40. The summed E-state index contributed by atoms with van der Waals surface area (Å²) in [6.45, 7) is 3.57. The van der Waals surface area contributed by atoms with Gasteiger partial charge in [-0.25, -0.2) is 13.2 Å². The van der Waals surface area contributed by atoms with Crippen molar-refractivity contribution >= 4 is 33.5 Å². The maximum atomic E-state index is 13.3. The van der Waals surface area contributed by atoms with Gasteiger partial charge in [0.05, 0.1) is 16.3 Å². The highest BCUT2D eigenvalue weighted by Crippen LogP contribution is 2.38. The van der Waals surface area contributed by atoms with Crippen molar-refractivity contribution in [1.82, 2.24) is 0 Å². The number of hydrogen-bond donors (Lipinski definition) is 2. The van der Waals surface area contributed by atoms with Gasteiger partial charge in [0.2, 0.25) is 5.91 Å². The number of fused-ring (bicyclic) bond motifs is 1. The van der Waals surface area contributed by atoms with Gasteiger partial charge in [-0.1, -0.05) is 13.0 Å². The van der Waals surface area contributed by atoms with Crippen molar-refractivity contribution < 1.29 is 27.9 Å². The molecule has 2 N–H and O–H groups in total. The van der Waals surface area contributed by atoms with Crippen molar-refractivity contribution in [2.24, 2.45) is 0 Å². The molecule has 0 aliphatic carbocycles. The maximum Gasteiger partial charge on any atom is 0.511 e. The molecule has 1 amide bonds. The Morgan fingerprint density at radius 1 is 1.22 bits per heavy atom. The molecule has 2 aromatic carbocycles. The number of anilines is 2. The monoisotopic (exact) mass is 390 g/mol. The molecule has 0 radical (unpaired) electrons. The molecule has 1 aliphatic rings. The van der Waals surface area contributed by atoms with Crippen LogP contribution in [0.4, 0.5) is 16.2 Å². The van der Waals surface area contributed by atoms with E-state index in [0.717, 1.165) is 9.87 Å². The molecule has 2 aromatic rings. The lowest BCUT2D eigenvalue weighted by atomic mass is 10.1. The maximum absolute atomic E-state index is 13.3. The molecule has 8 nitrogen and oxygen atoms in total. The van der Waals surface area contributed by atoms with Gasteiger partial charge in [0.1, 0.15) is 11.8 Å². The number of amides is 1. The van der Waals surface area contributed by atoms with Crippen molar-refractivity contribution in [1.29, 1.82) is 0 Å². The van der Waals surface area contributed by atoms with E-state index in [9.17, 15) is 18.0 Å². The predicted molar refractivity (Wildman–Crippen MR) is 98.6 cm³/mol. The van der Waals surface area contributed by atoms with Crippen LogP contribution in [0.3, 0.4) is 0 Å². The standard InChI is InChI=1S/C18H18N2O6S/c1-3-15-17(21)19-14-9-4-11(2)10-16(14)20(15)27(24,25)13-7-5-12(6-8-13)26-18(22)23/h4-10,15H,3H2,1-2H3,(H,19,21)(H,22,23)/t15-/m0/s1. The second-order valence-corrected chi connectivity index (χ2v) is 7.89. The third kappa shape index (κ3) is 3.45. The van der Waals surface area contributed by atoms with Crippen LogP contribution < -0.4 is 14.4 Å². The molecule has 1 heterocycles. The van der Waals surface area contributed by atoms with E-state index in [4.69, 9.17) is 5.11 Å². The molecule has 0 unspecified atom stereocenters. The smallest absolute Gasteiger partial charge is 0.449 e. The van der Waals surface area contributed by atoms with Crippen molar-refractivity contribution in [2.45, 2.75) is 31.2 Å². The zero-order valence-electron chi connectivity index (χ0n) is 14.7. The fourth-order valence-corrected chi connectivity index (χ4v) is 4.66. The van der Waals surface area contributed by atoms with Gasteiger partial charge in [0.25, 0.3) is 10.0 Å². The topological polar surface area (TPSA) is 113 Å². The summed E-state index contributed by atoms with van der Waals surface area (Å²) >= 11 is 0. The number of carbonyl (C=O) groups is 2. The lowest BCUT2D eigenvalue weighted by Crippen LogP contribution is -2.50. The van der Waals surface area contributed by atoms with Crippen LogP contribution in [0.15, 0.2) is 47.4 Å². The molecule has 0 spiro atoms. The van der Waals surface area contributed by atoms with Gasteiger partial charge in [-0.2, -0.15) is 0 Å². The number of nitrogens with one attached hydrogen (secondary N) is 1. The number of ether oxygens (including phenoxy) is 1. The highest BCUT2D eigenvalue weighted by molar-refractivity contribution is 7.93. The summed E-state index contributed by atoms with van der Waals surface area (Å²) in [7, 11) is -4.06. The van der Waals surface area contributed by atoms with Gasteiger partial charge in [-0.15, -0.1) is 0 Å². The van der Waals surface area contributed by atoms with Gasteiger partial charge < -0.3 is 15.2 Å². The third-order valence-corrected chi connectivity index (χ3v) is 6.04. The quantitative estimate of drug-likeness (QED) is 0.613. The van der Waals surface area contributed by atoms with E-state index >= 15 is 0 Å². The summed E-state index contributed by atoms with van der Waals surface area (Å²) in [4.78, 5) is 23.0. The molecule has 9 heteroatoms. The van der Waals surface area contributed by atoms with Gasteiger partial charge in [0.15, 0.2) is 0 Å². The number of aryl methyl sites for hydroxylation is 1. The average molecular weight is 390 g/mol. The summed E-state index contributed by atoms with van der Waals surface area (Å²) in [6, 6.07) is 9.28. The molecule has 1 aliphatic heterocycles. The van der Waals surface area contributed by atoms with Crippen LogP contribution in [0.5, 0.6) is 5.75 Å². The lowest BCUT2D eigenvalue weighted by Gasteiger charge is -2.36. The zero-order valence-corrected chi connectivity index (χ0v) is 15.5. The Morgan fingerprint density at radius 2 is 1.89 bits per heavy atom. The first-order valence-corrected chi connectivity index (χ1v) is 9.65. The molecule has 0 bridgehead atoms. The van der Waals surface area contributed by atoms with Crippen LogP contribution in [0.2, 0.25) is 0 Å². The number of nitrogens with zero attached hydrogens (tertiary/aromatic N) is 1. The molecule has 0 saturated heterocycles. The van der Waals surface area contributed by atoms with Crippen LogP contribution in [0.25, 0.3) is 0 Å². The SMILES string of the molecule is CC[C@H]1C(=O)Nc2ccc(C)cc2N1S(=O)(=O)c1ccc(OC(=O)O)cc1. The Bertz CT molecular complexity index is 1000. The number of carboxylic acid groups (broad SMARTS) is 1. The Balaban J connectivity index is 2.10. The second-order valence-electron chi connectivity index (χ2n) is 6.07. The Hall–Kier alpha value is -3.07. The fourth-order valence-electron chi connectivity index (χ4n) is 2.96. The van der Waals surface area contributed by atoms with E-state index in [1.807, 2.05) is 6.92 Å². The number of carbonyl (C=O) groups excluding carboxylic acids is 1. The van der Waals surface area contributed by atoms with E-state index < -0.39 is 28.1 Å². The second kappa shape index (κ2) is 6.92. The van der Waals surface area contributed by atoms with E-state index in [1.54, 1.807) is 25.1 Å². The lowest BCUT2D eigenvalue weighted by molar-refractivity contribution is -0.117. The zero-order chi connectivity index (χ0) is 19.8. The molecular formula is C18H18N2O6S. The van der Waals surface area contributed by atoms with Crippen LogP contribution in [0.1, 0.15) is 18.9 Å². The van der Waals surface area contributed by atoms with Crippen LogP contribution in [-0.2, 0) is 14.8 Å². The van der Waals surface area contributed by atoms with Crippen molar-refractivity contribution in [2.75, 3.05) is 9.62 Å². The first-order chi connectivity index (χ1) is 12.7. The van der Waals surface area contributed by atoms with Gasteiger partial charge in [0, 0.05) is 0 Å². The molecule has 27 heavy (non-hydrogen) atoms. The van der Waals surface area contributed by atoms with E-state index in [-0.39, 0.29) is 10.6 Å². The van der Waals surface area contributed by atoms with E-state index in [1.165, 1.54) is 24.3 Å².